The van der Waals surface area contributed by atoms with E-state index in [1.165, 1.54) is 12.1 Å². The quantitative estimate of drug-likeness (QED) is 0.747. The largest absolute Gasteiger partial charge is 0.405 e. The number of hydrogen-bond acceptors (Lipinski definition) is 4. The summed E-state index contributed by atoms with van der Waals surface area (Å²) in [5.41, 5.74) is 4.99. The van der Waals surface area contributed by atoms with Crippen molar-refractivity contribution < 1.29 is 22.3 Å². The number of hydrogen-bond donors (Lipinski definition) is 3. The predicted octanol–water partition coefficient (Wildman–Crippen LogP) is 1.92. The van der Waals surface area contributed by atoms with E-state index in [9.17, 15) is 17.6 Å². The Labute approximate surface area is 119 Å². The van der Waals surface area contributed by atoms with E-state index in [1.807, 2.05) is 0 Å². The van der Waals surface area contributed by atoms with Crippen molar-refractivity contribution in [1.29, 1.82) is 0 Å². The molecule has 1 heterocycles. The maximum absolute atomic E-state index is 14.0. The van der Waals surface area contributed by atoms with Crippen LogP contribution in [0.3, 0.4) is 0 Å². The fraction of sp³-hybridized carbons (Fsp3) is 0.538. The monoisotopic (exact) mass is 307 g/mol. The summed E-state index contributed by atoms with van der Waals surface area (Å²) in [6.45, 7) is 1.21. The minimum atomic E-state index is -4.34. The van der Waals surface area contributed by atoms with Crippen LogP contribution < -0.4 is 16.4 Å². The maximum Gasteiger partial charge on any atom is 0.405 e. The molecular weight excluding hydrogens is 290 g/mol. The molecule has 1 fully saturated rings. The molecule has 0 aliphatic carbocycles. The van der Waals surface area contributed by atoms with Crippen LogP contribution in [0.4, 0.5) is 23.2 Å². The summed E-state index contributed by atoms with van der Waals surface area (Å²) < 4.78 is 56.2. The minimum absolute atomic E-state index is 0.164. The third-order valence-corrected chi connectivity index (χ3v) is 3.25. The highest BCUT2D eigenvalue weighted by atomic mass is 19.4. The Morgan fingerprint density at radius 3 is 2.81 bits per heavy atom. The Morgan fingerprint density at radius 2 is 2.19 bits per heavy atom. The van der Waals surface area contributed by atoms with Crippen molar-refractivity contribution >= 4 is 5.69 Å². The smallest absolute Gasteiger partial charge is 0.376 e. The van der Waals surface area contributed by atoms with E-state index in [4.69, 9.17) is 10.5 Å². The fourth-order valence-electron chi connectivity index (χ4n) is 2.27. The van der Waals surface area contributed by atoms with Gasteiger partial charge in [0.15, 0.2) is 0 Å². The number of nitrogens with two attached hydrogens (primary N) is 1. The molecule has 0 radical (unpaired) electrons. The van der Waals surface area contributed by atoms with Gasteiger partial charge in [-0.3, -0.25) is 0 Å². The summed E-state index contributed by atoms with van der Waals surface area (Å²) in [4.78, 5) is 0. The molecule has 0 spiro atoms. The number of ether oxygens (including phenoxy) is 1. The number of nitrogens with one attached hydrogen (secondary N) is 2. The first-order valence-corrected chi connectivity index (χ1v) is 6.44. The zero-order valence-corrected chi connectivity index (χ0v) is 11.4. The molecule has 118 valence electrons. The van der Waals surface area contributed by atoms with Crippen molar-refractivity contribution in [1.82, 2.24) is 5.32 Å². The van der Waals surface area contributed by atoms with Gasteiger partial charge in [-0.2, -0.15) is 13.2 Å². The number of rotatable bonds is 3. The lowest BCUT2D eigenvalue weighted by Crippen LogP contribution is -2.53. The highest BCUT2D eigenvalue weighted by Crippen LogP contribution is 2.32. The first-order valence-electron chi connectivity index (χ1n) is 6.44. The average Bonchev–Trinajstić information content (AvgIpc) is 2.36. The van der Waals surface area contributed by atoms with Crippen LogP contribution in [-0.4, -0.2) is 32.0 Å². The Morgan fingerprint density at radius 1 is 1.48 bits per heavy atom. The third kappa shape index (κ3) is 4.05. The molecule has 8 heteroatoms. The molecular formula is C13H17F4N3O. The van der Waals surface area contributed by atoms with Crippen molar-refractivity contribution in [2.75, 3.05) is 25.0 Å². The Kier molecular flexibility index (Phi) is 4.40. The van der Waals surface area contributed by atoms with Crippen LogP contribution in [0, 0.1) is 5.82 Å². The van der Waals surface area contributed by atoms with Crippen LogP contribution >= 0.6 is 0 Å². The fourth-order valence-corrected chi connectivity index (χ4v) is 2.27. The molecule has 2 atom stereocenters. The topological polar surface area (TPSA) is 59.3 Å². The lowest BCUT2D eigenvalue weighted by molar-refractivity contribution is -0.115. The van der Waals surface area contributed by atoms with Crippen molar-refractivity contribution in [2.45, 2.75) is 24.9 Å². The van der Waals surface area contributed by atoms with Crippen molar-refractivity contribution in [3.05, 3.63) is 29.6 Å². The molecule has 4 N–H and O–H groups in total. The minimum Gasteiger partial charge on any atom is -0.376 e. The SMILES string of the molecule is CC1(c2cc(NCC(F)(F)F)ccc2F)CNC[C@H](N)O1. The number of alkyl halides is 3. The summed E-state index contributed by atoms with van der Waals surface area (Å²) in [7, 11) is 0. The molecule has 4 nitrogen and oxygen atoms in total. The number of anilines is 1. The first kappa shape index (κ1) is 16.0. The molecule has 1 aliphatic rings. The van der Waals surface area contributed by atoms with Crippen LogP contribution in [0.2, 0.25) is 0 Å². The molecule has 2 rings (SSSR count). The van der Waals surface area contributed by atoms with E-state index in [0.717, 1.165) is 6.07 Å². The lowest BCUT2D eigenvalue weighted by atomic mass is 9.93. The molecule has 0 aromatic heterocycles. The summed E-state index contributed by atoms with van der Waals surface area (Å²) in [5.74, 6) is -0.550. The van der Waals surface area contributed by atoms with Gasteiger partial charge in [0.1, 0.15) is 24.2 Å². The van der Waals surface area contributed by atoms with Gasteiger partial charge in [0.05, 0.1) is 0 Å². The van der Waals surface area contributed by atoms with Crippen molar-refractivity contribution in [3.63, 3.8) is 0 Å². The van der Waals surface area contributed by atoms with E-state index in [0.29, 0.717) is 13.1 Å². The second-order valence-electron chi connectivity index (χ2n) is 5.18. The Bertz CT molecular complexity index is 509. The summed E-state index contributed by atoms with van der Waals surface area (Å²) in [6.07, 6.45) is -4.95. The molecule has 0 bridgehead atoms. The van der Waals surface area contributed by atoms with Gasteiger partial charge in [0.25, 0.3) is 0 Å². The van der Waals surface area contributed by atoms with Gasteiger partial charge in [-0.25, -0.2) is 4.39 Å². The highest BCUT2D eigenvalue weighted by Gasteiger charge is 2.36. The van der Waals surface area contributed by atoms with Gasteiger partial charge in [0, 0.05) is 24.3 Å². The Balaban J connectivity index is 2.22. The highest BCUT2D eigenvalue weighted by molar-refractivity contribution is 5.48. The van der Waals surface area contributed by atoms with E-state index in [2.05, 4.69) is 10.6 Å². The molecule has 21 heavy (non-hydrogen) atoms. The van der Waals surface area contributed by atoms with Gasteiger partial charge >= 0.3 is 6.18 Å². The van der Waals surface area contributed by atoms with Crippen LogP contribution in [0.1, 0.15) is 12.5 Å². The molecule has 0 saturated carbocycles. The Hall–Kier alpha value is -1.38. The third-order valence-electron chi connectivity index (χ3n) is 3.25. The zero-order valence-electron chi connectivity index (χ0n) is 11.4. The normalized spacial score (nSPS) is 26.7. The van der Waals surface area contributed by atoms with Crippen LogP contribution in [-0.2, 0) is 10.3 Å². The van der Waals surface area contributed by atoms with E-state index in [1.54, 1.807) is 6.92 Å². The second kappa shape index (κ2) is 5.78. The maximum atomic E-state index is 14.0. The molecule has 1 aromatic carbocycles. The lowest BCUT2D eigenvalue weighted by Gasteiger charge is -2.38. The van der Waals surface area contributed by atoms with E-state index in [-0.39, 0.29) is 11.3 Å². The average molecular weight is 307 g/mol. The molecule has 1 aliphatic heterocycles. The first-order chi connectivity index (χ1) is 9.70. The van der Waals surface area contributed by atoms with Crippen LogP contribution in [0.5, 0.6) is 0 Å². The number of benzene rings is 1. The molecule has 1 aromatic rings. The van der Waals surface area contributed by atoms with Gasteiger partial charge in [0.2, 0.25) is 0 Å². The van der Waals surface area contributed by atoms with Crippen molar-refractivity contribution in [2.24, 2.45) is 5.73 Å². The predicted molar refractivity (Wildman–Crippen MR) is 70.2 cm³/mol. The number of morpholine rings is 1. The van der Waals surface area contributed by atoms with E-state index < -0.39 is 30.4 Å². The van der Waals surface area contributed by atoms with E-state index >= 15 is 0 Å². The number of halogens is 4. The van der Waals surface area contributed by atoms with Gasteiger partial charge < -0.3 is 21.1 Å². The van der Waals surface area contributed by atoms with Crippen LogP contribution in [0.15, 0.2) is 18.2 Å². The molecule has 0 amide bonds. The zero-order chi connectivity index (χ0) is 15.7. The standard InChI is InChI=1S/C13H17F4N3O/c1-12(6-19-5-11(18)21-12)9-4-8(2-3-10(9)14)20-7-13(15,16)17/h2-4,11,19-20H,5-7,18H2,1H3/t11-,12?/m1/s1. The molecule has 1 unspecified atom stereocenters. The summed E-state index contributed by atoms with van der Waals surface area (Å²) in [5, 5.41) is 5.23. The van der Waals surface area contributed by atoms with Gasteiger partial charge in [-0.1, -0.05) is 0 Å². The van der Waals surface area contributed by atoms with Gasteiger partial charge in [-0.05, 0) is 25.1 Å². The molecule has 1 saturated heterocycles. The van der Waals surface area contributed by atoms with Gasteiger partial charge in [-0.15, -0.1) is 0 Å². The van der Waals surface area contributed by atoms with Crippen molar-refractivity contribution in [3.8, 4) is 0 Å². The van der Waals surface area contributed by atoms with Crippen LogP contribution in [0.25, 0.3) is 0 Å². The summed E-state index contributed by atoms with van der Waals surface area (Å²) in [6, 6.07) is 3.69. The summed E-state index contributed by atoms with van der Waals surface area (Å²) >= 11 is 0. The second-order valence-corrected chi connectivity index (χ2v) is 5.18.